The standard InChI is InChI=1S/C22H34N4O2S/c1-7-23-21(25-13-11-20-26-19(15-29-20)22(2,3)4)24-12-10-16-8-9-17(27-5)18(14-16)28-6/h8-9,14-15H,7,10-13H2,1-6H3,(H2,23,24,25). The summed E-state index contributed by atoms with van der Waals surface area (Å²) in [5, 5.41) is 10.0. The monoisotopic (exact) mass is 418 g/mol. The molecule has 0 spiro atoms. The van der Waals surface area contributed by atoms with E-state index >= 15 is 0 Å². The van der Waals surface area contributed by atoms with E-state index in [4.69, 9.17) is 14.5 Å². The number of benzene rings is 1. The molecule has 2 aromatic rings. The number of nitrogens with zero attached hydrogens (tertiary/aromatic N) is 2. The lowest BCUT2D eigenvalue weighted by Gasteiger charge is -2.14. The molecule has 6 nitrogen and oxygen atoms in total. The quantitative estimate of drug-likeness (QED) is 0.479. The van der Waals surface area contributed by atoms with Crippen molar-refractivity contribution in [2.24, 2.45) is 4.99 Å². The molecule has 0 fully saturated rings. The number of hydrogen-bond acceptors (Lipinski definition) is 5. The number of aliphatic imine (C=N–C) groups is 1. The molecular weight excluding hydrogens is 384 g/mol. The third-order valence-corrected chi connectivity index (χ3v) is 5.32. The molecule has 0 saturated heterocycles. The SMILES string of the molecule is CCNC(=NCCc1nc(C(C)(C)C)cs1)NCCc1ccc(OC)c(OC)c1. The van der Waals surface area contributed by atoms with Crippen molar-refractivity contribution in [1.82, 2.24) is 15.6 Å². The lowest BCUT2D eigenvalue weighted by Crippen LogP contribution is -2.38. The first-order valence-corrected chi connectivity index (χ1v) is 10.9. The van der Waals surface area contributed by atoms with Gasteiger partial charge in [-0.25, -0.2) is 4.98 Å². The molecule has 7 heteroatoms. The smallest absolute Gasteiger partial charge is 0.191 e. The van der Waals surface area contributed by atoms with Crippen LogP contribution in [-0.2, 0) is 18.3 Å². The minimum atomic E-state index is 0.0959. The molecule has 0 saturated carbocycles. The molecule has 2 rings (SSSR count). The molecule has 1 heterocycles. The van der Waals surface area contributed by atoms with Crippen molar-refractivity contribution >= 4 is 17.3 Å². The number of ether oxygens (including phenoxy) is 2. The fourth-order valence-corrected chi connectivity index (χ4v) is 3.75. The van der Waals surface area contributed by atoms with Crippen LogP contribution in [0.3, 0.4) is 0 Å². The second kappa shape index (κ2) is 11.0. The molecule has 2 N–H and O–H groups in total. The van der Waals surface area contributed by atoms with Crippen LogP contribution in [-0.4, -0.2) is 44.8 Å². The number of guanidine groups is 1. The molecule has 160 valence electrons. The van der Waals surface area contributed by atoms with E-state index < -0.39 is 0 Å². The van der Waals surface area contributed by atoms with E-state index in [1.165, 1.54) is 5.56 Å². The first-order chi connectivity index (χ1) is 13.9. The highest BCUT2D eigenvalue weighted by Gasteiger charge is 2.17. The van der Waals surface area contributed by atoms with Crippen LogP contribution < -0.4 is 20.1 Å². The van der Waals surface area contributed by atoms with Crippen molar-refractivity contribution in [2.75, 3.05) is 33.9 Å². The Labute approximate surface area is 178 Å². The van der Waals surface area contributed by atoms with Crippen LogP contribution in [0.15, 0.2) is 28.6 Å². The van der Waals surface area contributed by atoms with Gasteiger partial charge in [-0.1, -0.05) is 26.8 Å². The van der Waals surface area contributed by atoms with E-state index in [1.807, 2.05) is 12.1 Å². The summed E-state index contributed by atoms with van der Waals surface area (Å²) < 4.78 is 10.7. The van der Waals surface area contributed by atoms with Gasteiger partial charge in [0.25, 0.3) is 0 Å². The molecule has 0 bridgehead atoms. The Hall–Kier alpha value is -2.28. The van der Waals surface area contributed by atoms with Gasteiger partial charge >= 0.3 is 0 Å². The van der Waals surface area contributed by atoms with Crippen LogP contribution in [0, 0.1) is 0 Å². The molecule has 0 aliphatic rings. The van der Waals surface area contributed by atoms with Crippen LogP contribution in [0.4, 0.5) is 0 Å². The first-order valence-electron chi connectivity index (χ1n) is 10.0. The van der Waals surface area contributed by atoms with Crippen molar-refractivity contribution in [2.45, 2.75) is 46.0 Å². The van der Waals surface area contributed by atoms with Crippen molar-refractivity contribution in [3.05, 3.63) is 39.8 Å². The number of rotatable bonds is 9. The number of aromatic nitrogens is 1. The second-order valence-corrected chi connectivity index (χ2v) is 8.70. The van der Waals surface area contributed by atoms with Gasteiger partial charge in [0, 0.05) is 36.9 Å². The highest BCUT2D eigenvalue weighted by Crippen LogP contribution is 2.27. The van der Waals surface area contributed by atoms with Crippen molar-refractivity contribution in [3.63, 3.8) is 0 Å². The van der Waals surface area contributed by atoms with Gasteiger partial charge in [0.2, 0.25) is 0 Å². The molecular formula is C22H34N4O2S. The lowest BCUT2D eigenvalue weighted by atomic mass is 9.93. The Bertz CT molecular complexity index is 796. The summed E-state index contributed by atoms with van der Waals surface area (Å²) in [6.07, 6.45) is 1.72. The van der Waals surface area contributed by atoms with Crippen LogP contribution in [0.1, 0.15) is 44.0 Å². The van der Waals surface area contributed by atoms with Gasteiger partial charge in [0.1, 0.15) is 0 Å². The summed E-state index contributed by atoms with van der Waals surface area (Å²) in [5.74, 6) is 2.33. The maximum atomic E-state index is 5.37. The van der Waals surface area contributed by atoms with Gasteiger partial charge in [-0.15, -0.1) is 11.3 Å². The largest absolute Gasteiger partial charge is 0.493 e. The minimum absolute atomic E-state index is 0.0959. The summed E-state index contributed by atoms with van der Waals surface area (Å²) in [6, 6.07) is 6.01. The summed E-state index contributed by atoms with van der Waals surface area (Å²) in [6.45, 7) is 11.0. The van der Waals surface area contributed by atoms with Gasteiger partial charge in [-0.3, -0.25) is 4.99 Å². The third-order valence-electron chi connectivity index (χ3n) is 4.41. The average molecular weight is 419 g/mol. The number of hydrogen-bond donors (Lipinski definition) is 2. The maximum Gasteiger partial charge on any atom is 0.191 e. The molecule has 0 unspecified atom stereocenters. The average Bonchev–Trinajstić information content (AvgIpc) is 3.17. The molecule has 0 radical (unpaired) electrons. The maximum absolute atomic E-state index is 5.37. The van der Waals surface area contributed by atoms with Crippen molar-refractivity contribution < 1.29 is 9.47 Å². The van der Waals surface area contributed by atoms with Gasteiger partial charge in [-0.2, -0.15) is 0 Å². The Balaban J connectivity index is 1.87. The van der Waals surface area contributed by atoms with E-state index in [1.54, 1.807) is 25.6 Å². The Morgan fingerprint density at radius 2 is 1.86 bits per heavy atom. The van der Waals surface area contributed by atoms with Gasteiger partial charge in [0.05, 0.1) is 24.9 Å². The predicted octanol–water partition coefficient (Wildman–Crippen LogP) is 3.80. The fraction of sp³-hybridized carbons (Fsp3) is 0.545. The van der Waals surface area contributed by atoms with E-state index in [0.29, 0.717) is 6.54 Å². The summed E-state index contributed by atoms with van der Waals surface area (Å²) >= 11 is 1.72. The van der Waals surface area contributed by atoms with Crippen LogP contribution in [0.2, 0.25) is 0 Å². The van der Waals surface area contributed by atoms with Crippen LogP contribution in [0.5, 0.6) is 11.5 Å². The van der Waals surface area contributed by atoms with E-state index in [2.05, 4.69) is 54.8 Å². The number of nitrogens with one attached hydrogen (secondary N) is 2. The van der Waals surface area contributed by atoms with E-state index in [0.717, 1.165) is 54.1 Å². The molecule has 29 heavy (non-hydrogen) atoms. The first kappa shape index (κ1) is 23.0. The molecule has 1 aromatic heterocycles. The van der Waals surface area contributed by atoms with E-state index in [9.17, 15) is 0 Å². The van der Waals surface area contributed by atoms with Crippen molar-refractivity contribution in [1.29, 1.82) is 0 Å². The highest BCUT2D eigenvalue weighted by atomic mass is 32.1. The molecule has 0 aliphatic heterocycles. The van der Waals surface area contributed by atoms with Gasteiger partial charge in [-0.05, 0) is 31.0 Å². The summed E-state index contributed by atoms with van der Waals surface area (Å²) in [7, 11) is 3.30. The zero-order valence-electron chi connectivity index (χ0n) is 18.5. The second-order valence-electron chi connectivity index (χ2n) is 7.75. The van der Waals surface area contributed by atoms with Crippen molar-refractivity contribution in [3.8, 4) is 11.5 Å². The molecule has 0 amide bonds. The lowest BCUT2D eigenvalue weighted by molar-refractivity contribution is 0.354. The zero-order valence-corrected chi connectivity index (χ0v) is 19.3. The van der Waals surface area contributed by atoms with Crippen LogP contribution >= 0.6 is 11.3 Å². The third kappa shape index (κ3) is 7.24. The predicted molar refractivity (Wildman–Crippen MR) is 122 cm³/mol. The molecule has 0 aliphatic carbocycles. The van der Waals surface area contributed by atoms with E-state index in [-0.39, 0.29) is 5.41 Å². The van der Waals surface area contributed by atoms with Gasteiger partial charge < -0.3 is 20.1 Å². The Morgan fingerprint density at radius 3 is 2.48 bits per heavy atom. The van der Waals surface area contributed by atoms with Gasteiger partial charge in [0.15, 0.2) is 17.5 Å². The Kier molecular flexibility index (Phi) is 8.76. The summed E-state index contributed by atoms with van der Waals surface area (Å²) in [5.41, 5.74) is 2.43. The molecule has 0 atom stereocenters. The fourth-order valence-electron chi connectivity index (χ4n) is 2.74. The Morgan fingerprint density at radius 1 is 1.10 bits per heavy atom. The minimum Gasteiger partial charge on any atom is -0.493 e. The highest BCUT2D eigenvalue weighted by molar-refractivity contribution is 7.09. The topological polar surface area (TPSA) is 67.8 Å². The summed E-state index contributed by atoms with van der Waals surface area (Å²) in [4.78, 5) is 9.43. The van der Waals surface area contributed by atoms with Crippen LogP contribution in [0.25, 0.3) is 0 Å². The molecule has 1 aromatic carbocycles. The number of methoxy groups -OCH3 is 2. The number of thiazole rings is 1. The zero-order chi connectivity index (χ0) is 21.3. The normalized spacial score (nSPS) is 12.0.